The summed E-state index contributed by atoms with van der Waals surface area (Å²) in [7, 11) is 0. The largest absolute Gasteiger partial charge is 0.481 e. The first-order valence-corrected chi connectivity index (χ1v) is 5.40. The Morgan fingerprint density at radius 1 is 1.32 bits per heavy atom. The fourth-order valence-corrected chi connectivity index (χ4v) is 1.57. The molecule has 0 saturated heterocycles. The summed E-state index contributed by atoms with van der Waals surface area (Å²) in [4.78, 5) is 32.9. The van der Waals surface area contributed by atoms with Crippen molar-refractivity contribution >= 4 is 29.4 Å². The molecule has 0 aliphatic heterocycles. The highest BCUT2D eigenvalue weighted by atomic mass is 35.5. The van der Waals surface area contributed by atoms with Crippen LogP contribution < -0.4 is 5.32 Å². The monoisotopic (exact) mass is 289 g/mol. The first kappa shape index (κ1) is 14.9. The number of benzene rings is 1. The molecular weight excluding hydrogens is 281 g/mol. The molecule has 1 aromatic carbocycles. The molecule has 1 atom stereocenters. The highest BCUT2D eigenvalue weighted by molar-refractivity contribution is 6.33. The summed E-state index contributed by atoms with van der Waals surface area (Å²) >= 11 is 5.63. The molecule has 0 saturated carbocycles. The Kier molecular flexibility index (Phi) is 4.82. The van der Waals surface area contributed by atoms with Crippen LogP contribution in [0.1, 0.15) is 16.8 Å². The third kappa shape index (κ3) is 3.92. The standard InChI is InChI=1S/C11H9ClFNO5/c12-5-2-1-3-6(13)9(5)10(17)14-7(11(18)19)4-8(15)16/h1-3,7H,4H2,(H,14,17)(H,15,16)(H,18,19)/t7-/m0/s1. The van der Waals surface area contributed by atoms with Crippen LogP contribution in [0.3, 0.4) is 0 Å². The molecule has 1 amide bonds. The van der Waals surface area contributed by atoms with Gasteiger partial charge < -0.3 is 15.5 Å². The summed E-state index contributed by atoms with van der Waals surface area (Å²) in [5.41, 5.74) is -0.527. The number of halogens is 2. The number of hydrogen-bond acceptors (Lipinski definition) is 3. The second kappa shape index (κ2) is 6.14. The molecule has 0 unspecified atom stereocenters. The summed E-state index contributed by atoms with van der Waals surface area (Å²) in [6, 6.07) is 1.85. The molecule has 0 bridgehead atoms. The van der Waals surface area contributed by atoms with E-state index in [1.54, 1.807) is 0 Å². The maximum Gasteiger partial charge on any atom is 0.326 e. The van der Waals surface area contributed by atoms with E-state index in [4.69, 9.17) is 21.8 Å². The number of carboxylic acid groups (broad SMARTS) is 2. The van der Waals surface area contributed by atoms with Crippen molar-refractivity contribution in [2.45, 2.75) is 12.5 Å². The first-order valence-electron chi connectivity index (χ1n) is 5.02. The Labute approximate surface area is 111 Å². The van der Waals surface area contributed by atoms with Gasteiger partial charge in [-0.05, 0) is 12.1 Å². The maximum absolute atomic E-state index is 13.4. The number of carbonyl (C=O) groups is 3. The molecule has 1 aromatic rings. The lowest BCUT2D eigenvalue weighted by atomic mass is 10.1. The molecular formula is C11H9ClFNO5. The van der Waals surface area contributed by atoms with E-state index in [9.17, 15) is 18.8 Å². The third-order valence-electron chi connectivity index (χ3n) is 2.17. The number of aliphatic carboxylic acids is 2. The van der Waals surface area contributed by atoms with E-state index in [0.29, 0.717) is 0 Å². The van der Waals surface area contributed by atoms with Gasteiger partial charge in [-0.3, -0.25) is 9.59 Å². The Morgan fingerprint density at radius 3 is 2.42 bits per heavy atom. The van der Waals surface area contributed by atoms with Crippen molar-refractivity contribution < 1.29 is 29.0 Å². The van der Waals surface area contributed by atoms with Gasteiger partial charge >= 0.3 is 11.9 Å². The minimum atomic E-state index is -1.67. The van der Waals surface area contributed by atoms with Gasteiger partial charge in [-0.1, -0.05) is 17.7 Å². The van der Waals surface area contributed by atoms with Crippen LogP contribution in [0.4, 0.5) is 4.39 Å². The highest BCUT2D eigenvalue weighted by Crippen LogP contribution is 2.18. The van der Waals surface area contributed by atoms with Crippen molar-refractivity contribution in [1.29, 1.82) is 0 Å². The molecule has 0 aliphatic rings. The Hall–Kier alpha value is -2.15. The van der Waals surface area contributed by atoms with Gasteiger partial charge in [0, 0.05) is 0 Å². The molecule has 19 heavy (non-hydrogen) atoms. The molecule has 102 valence electrons. The maximum atomic E-state index is 13.4. The second-order valence-corrected chi connectivity index (χ2v) is 3.97. The minimum Gasteiger partial charge on any atom is -0.481 e. The number of amides is 1. The number of carbonyl (C=O) groups excluding carboxylic acids is 1. The van der Waals surface area contributed by atoms with Crippen LogP contribution in [0.5, 0.6) is 0 Å². The Morgan fingerprint density at radius 2 is 1.95 bits per heavy atom. The lowest BCUT2D eigenvalue weighted by Gasteiger charge is -2.13. The zero-order chi connectivity index (χ0) is 14.6. The van der Waals surface area contributed by atoms with Crippen LogP contribution in [0.2, 0.25) is 5.02 Å². The molecule has 0 radical (unpaired) electrons. The fraction of sp³-hybridized carbons (Fsp3) is 0.182. The SMILES string of the molecule is O=C(O)C[C@H](NC(=O)c1c(F)cccc1Cl)C(=O)O. The normalized spacial score (nSPS) is 11.7. The van der Waals surface area contributed by atoms with Crippen LogP contribution in [-0.4, -0.2) is 34.1 Å². The van der Waals surface area contributed by atoms with Crippen molar-refractivity contribution in [1.82, 2.24) is 5.32 Å². The number of hydrogen-bond donors (Lipinski definition) is 3. The smallest absolute Gasteiger partial charge is 0.326 e. The summed E-state index contributed by atoms with van der Waals surface area (Å²) in [5.74, 6) is -4.96. The van der Waals surface area contributed by atoms with E-state index in [0.717, 1.165) is 6.07 Å². The fourth-order valence-electron chi connectivity index (χ4n) is 1.32. The Balaban J connectivity index is 2.94. The molecule has 1 rings (SSSR count). The van der Waals surface area contributed by atoms with Crippen molar-refractivity contribution in [3.05, 3.63) is 34.6 Å². The predicted molar refractivity (Wildman–Crippen MR) is 62.6 cm³/mol. The Bertz CT molecular complexity index is 514. The van der Waals surface area contributed by atoms with E-state index in [2.05, 4.69) is 0 Å². The quantitative estimate of drug-likeness (QED) is 0.754. The van der Waals surface area contributed by atoms with Crippen molar-refractivity contribution in [3.8, 4) is 0 Å². The molecule has 0 aliphatic carbocycles. The molecule has 3 N–H and O–H groups in total. The van der Waals surface area contributed by atoms with Gasteiger partial charge in [0.15, 0.2) is 0 Å². The molecule has 0 fully saturated rings. The second-order valence-electron chi connectivity index (χ2n) is 3.56. The van der Waals surface area contributed by atoms with Gasteiger partial charge in [-0.15, -0.1) is 0 Å². The van der Waals surface area contributed by atoms with E-state index >= 15 is 0 Å². The van der Waals surface area contributed by atoms with Crippen molar-refractivity contribution in [3.63, 3.8) is 0 Å². The zero-order valence-corrected chi connectivity index (χ0v) is 10.1. The lowest BCUT2D eigenvalue weighted by Crippen LogP contribution is -2.42. The third-order valence-corrected chi connectivity index (χ3v) is 2.49. The first-order chi connectivity index (χ1) is 8.82. The van der Waals surface area contributed by atoms with E-state index in [1.807, 2.05) is 5.32 Å². The average molecular weight is 290 g/mol. The molecule has 0 heterocycles. The number of rotatable bonds is 5. The molecule has 0 spiro atoms. The molecule has 8 heteroatoms. The summed E-state index contributed by atoms with van der Waals surface area (Å²) < 4.78 is 13.4. The van der Waals surface area contributed by atoms with Crippen molar-refractivity contribution in [2.24, 2.45) is 0 Å². The average Bonchev–Trinajstić information content (AvgIpc) is 2.27. The van der Waals surface area contributed by atoms with E-state index < -0.39 is 41.7 Å². The molecule has 6 nitrogen and oxygen atoms in total. The van der Waals surface area contributed by atoms with E-state index in [-0.39, 0.29) is 5.02 Å². The van der Waals surface area contributed by atoms with Crippen LogP contribution in [0, 0.1) is 5.82 Å². The van der Waals surface area contributed by atoms with Crippen LogP contribution in [0.15, 0.2) is 18.2 Å². The van der Waals surface area contributed by atoms with Gasteiger partial charge in [-0.2, -0.15) is 0 Å². The topological polar surface area (TPSA) is 104 Å². The van der Waals surface area contributed by atoms with Crippen LogP contribution in [0.25, 0.3) is 0 Å². The number of carboxylic acids is 2. The van der Waals surface area contributed by atoms with Gasteiger partial charge in [0.05, 0.1) is 17.0 Å². The molecule has 0 aromatic heterocycles. The van der Waals surface area contributed by atoms with Crippen LogP contribution in [-0.2, 0) is 9.59 Å². The summed E-state index contributed by atoms with van der Waals surface area (Å²) in [6.45, 7) is 0. The number of nitrogens with one attached hydrogen (secondary N) is 1. The van der Waals surface area contributed by atoms with Crippen molar-refractivity contribution in [2.75, 3.05) is 0 Å². The summed E-state index contributed by atoms with van der Waals surface area (Å²) in [6.07, 6.45) is -0.826. The summed E-state index contributed by atoms with van der Waals surface area (Å²) in [5, 5.41) is 19.0. The van der Waals surface area contributed by atoms with Gasteiger partial charge in [0.1, 0.15) is 11.9 Å². The van der Waals surface area contributed by atoms with Gasteiger partial charge in [0.2, 0.25) is 0 Å². The zero-order valence-electron chi connectivity index (χ0n) is 9.39. The van der Waals surface area contributed by atoms with E-state index in [1.165, 1.54) is 12.1 Å². The van der Waals surface area contributed by atoms with Crippen LogP contribution >= 0.6 is 11.6 Å². The highest BCUT2D eigenvalue weighted by Gasteiger charge is 2.25. The van der Waals surface area contributed by atoms with Gasteiger partial charge in [0.25, 0.3) is 5.91 Å². The lowest BCUT2D eigenvalue weighted by molar-refractivity contribution is -0.145. The van der Waals surface area contributed by atoms with Gasteiger partial charge in [-0.25, -0.2) is 9.18 Å². The predicted octanol–water partition coefficient (Wildman–Crippen LogP) is 1.14. The minimum absolute atomic E-state index is 0.197.